The Kier molecular flexibility index (Phi) is 4.54. The Balaban J connectivity index is 1.45. The van der Waals surface area contributed by atoms with Gasteiger partial charge in [0, 0.05) is 30.1 Å². The number of halogens is 1. The molecule has 7 nitrogen and oxygen atoms in total. The number of aromatic nitrogens is 4. The van der Waals surface area contributed by atoms with Crippen molar-refractivity contribution in [3.05, 3.63) is 98.7 Å². The lowest BCUT2D eigenvalue weighted by Gasteiger charge is -2.16. The zero-order valence-electron chi connectivity index (χ0n) is 16.7. The molecule has 0 fully saturated rings. The Morgan fingerprint density at radius 3 is 2.81 bits per heavy atom. The predicted octanol–water partition coefficient (Wildman–Crippen LogP) is 2.91. The van der Waals surface area contributed by atoms with Gasteiger partial charge in [-0.25, -0.2) is 19.5 Å². The number of rotatable bonds is 3. The van der Waals surface area contributed by atoms with Crippen LogP contribution in [0, 0.1) is 12.7 Å². The van der Waals surface area contributed by atoms with Gasteiger partial charge in [-0.05, 0) is 30.7 Å². The molecule has 1 aliphatic rings. The van der Waals surface area contributed by atoms with Crippen LogP contribution in [0.15, 0.2) is 53.5 Å². The van der Waals surface area contributed by atoms with E-state index in [0.29, 0.717) is 36.4 Å². The summed E-state index contributed by atoms with van der Waals surface area (Å²) in [6.45, 7) is 2.47. The number of aromatic amines is 1. The van der Waals surface area contributed by atoms with Crippen molar-refractivity contribution in [2.24, 2.45) is 0 Å². The molecular formula is C23H18FN5O2. The van der Waals surface area contributed by atoms with Crippen molar-refractivity contribution in [3.63, 3.8) is 0 Å². The monoisotopic (exact) mass is 415 g/mol. The van der Waals surface area contributed by atoms with Gasteiger partial charge in [0.1, 0.15) is 11.6 Å². The van der Waals surface area contributed by atoms with E-state index in [1.165, 1.54) is 6.07 Å². The average Bonchev–Trinajstić information content (AvgIpc) is 3.20. The molecule has 2 aromatic heterocycles. The van der Waals surface area contributed by atoms with Crippen molar-refractivity contribution >= 4 is 16.7 Å². The number of nitrogens with one attached hydrogen (secondary N) is 1. The fourth-order valence-electron chi connectivity index (χ4n) is 3.91. The zero-order chi connectivity index (χ0) is 21.5. The third kappa shape index (κ3) is 3.46. The Morgan fingerprint density at radius 2 is 1.97 bits per heavy atom. The molecule has 5 rings (SSSR count). The molecule has 1 aliphatic heterocycles. The van der Waals surface area contributed by atoms with Crippen LogP contribution in [0.1, 0.15) is 38.7 Å². The Bertz CT molecular complexity index is 1400. The second-order valence-corrected chi connectivity index (χ2v) is 7.59. The molecule has 0 saturated heterocycles. The van der Waals surface area contributed by atoms with E-state index in [-0.39, 0.29) is 11.1 Å². The summed E-state index contributed by atoms with van der Waals surface area (Å²) >= 11 is 0. The summed E-state index contributed by atoms with van der Waals surface area (Å²) in [5, 5.41) is 7.94. The van der Waals surface area contributed by atoms with Crippen LogP contribution in [-0.4, -0.2) is 31.0 Å². The van der Waals surface area contributed by atoms with Gasteiger partial charge in [0.05, 0.1) is 28.9 Å². The molecule has 0 bridgehead atoms. The number of benzene rings is 2. The van der Waals surface area contributed by atoms with Crippen LogP contribution in [-0.2, 0) is 19.5 Å². The molecule has 0 radical (unpaired) electrons. The van der Waals surface area contributed by atoms with E-state index >= 15 is 0 Å². The molecule has 31 heavy (non-hydrogen) atoms. The number of hydrogen-bond donors (Lipinski definition) is 1. The first-order valence-electron chi connectivity index (χ1n) is 9.85. The molecule has 4 aromatic rings. The first kappa shape index (κ1) is 19.0. The van der Waals surface area contributed by atoms with E-state index in [4.69, 9.17) is 0 Å². The molecule has 8 heteroatoms. The quantitative estimate of drug-likeness (QED) is 0.556. The van der Waals surface area contributed by atoms with Crippen molar-refractivity contribution in [2.75, 3.05) is 0 Å². The number of H-pyrrole nitrogens is 1. The molecule has 1 N–H and O–H groups in total. The smallest absolute Gasteiger partial charge is 0.272 e. The molecule has 0 spiro atoms. The van der Waals surface area contributed by atoms with Gasteiger partial charge in [0.2, 0.25) is 0 Å². The zero-order valence-corrected chi connectivity index (χ0v) is 16.7. The van der Waals surface area contributed by atoms with Crippen molar-refractivity contribution in [1.29, 1.82) is 0 Å². The number of nitrogens with zero attached hydrogens (tertiary/aromatic N) is 4. The molecule has 0 aliphatic carbocycles. The summed E-state index contributed by atoms with van der Waals surface area (Å²) in [6.07, 6.45) is 2.06. The number of fused-ring (bicyclic) bond motifs is 2. The molecule has 154 valence electrons. The molecule has 3 heterocycles. The molecule has 2 aromatic carbocycles. The standard InChI is InChI=1S/C23H18FN5O2/c1-13-25-10-15-11-29(12-21(15)26-13)23(31)18-8-14(6-7-19(18)24)9-20-16-4-2-3-5-17(16)22(30)28-27-20/h2-8,10H,9,11-12H2,1H3,(H,28,30). The topological polar surface area (TPSA) is 91.8 Å². The third-order valence-corrected chi connectivity index (χ3v) is 5.47. The number of amides is 1. The minimum Gasteiger partial charge on any atom is -0.328 e. The van der Waals surface area contributed by atoms with E-state index in [2.05, 4.69) is 20.2 Å². The summed E-state index contributed by atoms with van der Waals surface area (Å²) < 4.78 is 14.6. The van der Waals surface area contributed by atoms with Gasteiger partial charge in [0.25, 0.3) is 11.5 Å². The Hall–Kier alpha value is -3.94. The van der Waals surface area contributed by atoms with Crippen LogP contribution in [0.3, 0.4) is 0 Å². The second-order valence-electron chi connectivity index (χ2n) is 7.59. The normalized spacial score (nSPS) is 12.9. The van der Waals surface area contributed by atoms with Gasteiger partial charge in [-0.1, -0.05) is 24.3 Å². The van der Waals surface area contributed by atoms with E-state index < -0.39 is 11.7 Å². The van der Waals surface area contributed by atoms with Gasteiger partial charge in [-0.2, -0.15) is 5.10 Å². The highest BCUT2D eigenvalue weighted by Gasteiger charge is 2.27. The van der Waals surface area contributed by atoms with E-state index in [9.17, 15) is 14.0 Å². The fourth-order valence-corrected chi connectivity index (χ4v) is 3.91. The molecule has 0 saturated carbocycles. The Labute approximate surface area is 176 Å². The maximum atomic E-state index is 14.6. The molecule has 0 atom stereocenters. The molecular weight excluding hydrogens is 397 g/mol. The third-order valence-electron chi connectivity index (χ3n) is 5.47. The fraction of sp³-hybridized carbons (Fsp3) is 0.174. The summed E-state index contributed by atoms with van der Waals surface area (Å²) in [7, 11) is 0. The van der Waals surface area contributed by atoms with Gasteiger partial charge in [-0.3, -0.25) is 9.59 Å². The highest BCUT2D eigenvalue weighted by atomic mass is 19.1. The number of carbonyl (C=O) groups excluding carboxylic acids is 1. The van der Waals surface area contributed by atoms with Gasteiger partial charge < -0.3 is 4.90 Å². The lowest BCUT2D eigenvalue weighted by molar-refractivity contribution is 0.0745. The minimum absolute atomic E-state index is 0.00344. The summed E-state index contributed by atoms with van der Waals surface area (Å²) in [6, 6.07) is 11.7. The highest BCUT2D eigenvalue weighted by Crippen LogP contribution is 2.24. The first-order chi connectivity index (χ1) is 15.0. The van der Waals surface area contributed by atoms with Gasteiger partial charge >= 0.3 is 0 Å². The maximum absolute atomic E-state index is 14.6. The maximum Gasteiger partial charge on any atom is 0.272 e. The van der Waals surface area contributed by atoms with Crippen molar-refractivity contribution in [2.45, 2.75) is 26.4 Å². The van der Waals surface area contributed by atoms with Crippen LogP contribution < -0.4 is 5.56 Å². The average molecular weight is 415 g/mol. The van der Waals surface area contributed by atoms with Gasteiger partial charge in [-0.15, -0.1) is 0 Å². The largest absolute Gasteiger partial charge is 0.328 e. The van der Waals surface area contributed by atoms with Crippen LogP contribution in [0.25, 0.3) is 10.8 Å². The molecule has 0 unspecified atom stereocenters. The van der Waals surface area contributed by atoms with Crippen LogP contribution in [0.4, 0.5) is 4.39 Å². The summed E-state index contributed by atoms with van der Waals surface area (Å²) in [5.41, 5.74) is 2.78. The first-order valence-corrected chi connectivity index (χ1v) is 9.85. The summed E-state index contributed by atoms with van der Waals surface area (Å²) in [5.74, 6) is -0.331. The van der Waals surface area contributed by atoms with Gasteiger partial charge in [0.15, 0.2) is 0 Å². The number of hydrogen-bond acceptors (Lipinski definition) is 5. The second kappa shape index (κ2) is 7.39. The van der Waals surface area contributed by atoms with Crippen LogP contribution in [0.5, 0.6) is 0 Å². The predicted molar refractivity (Wildman–Crippen MR) is 112 cm³/mol. The molecule has 1 amide bonds. The van der Waals surface area contributed by atoms with E-state index in [1.54, 1.807) is 42.3 Å². The van der Waals surface area contributed by atoms with Crippen molar-refractivity contribution in [1.82, 2.24) is 25.1 Å². The lowest BCUT2D eigenvalue weighted by Crippen LogP contribution is -2.26. The summed E-state index contributed by atoms with van der Waals surface area (Å²) in [4.78, 5) is 35.2. The van der Waals surface area contributed by atoms with E-state index in [0.717, 1.165) is 22.2 Å². The number of aryl methyl sites for hydroxylation is 1. The minimum atomic E-state index is -0.578. The highest BCUT2D eigenvalue weighted by molar-refractivity contribution is 5.95. The van der Waals surface area contributed by atoms with E-state index in [1.807, 2.05) is 12.1 Å². The Morgan fingerprint density at radius 1 is 1.16 bits per heavy atom. The van der Waals surface area contributed by atoms with Crippen LogP contribution >= 0.6 is 0 Å². The lowest BCUT2D eigenvalue weighted by atomic mass is 10.0. The SMILES string of the molecule is Cc1ncc2c(n1)CN(C(=O)c1cc(Cc3n[nH]c(=O)c4ccccc34)ccc1F)C2. The number of carbonyl (C=O) groups is 1. The van der Waals surface area contributed by atoms with Crippen LogP contribution in [0.2, 0.25) is 0 Å². The van der Waals surface area contributed by atoms with Crippen molar-refractivity contribution in [3.8, 4) is 0 Å². The van der Waals surface area contributed by atoms with Crippen molar-refractivity contribution < 1.29 is 9.18 Å².